The number of anilines is 4. The van der Waals surface area contributed by atoms with Gasteiger partial charge < -0.3 is 25.0 Å². The summed E-state index contributed by atoms with van der Waals surface area (Å²) in [6, 6.07) is 7.26. The summed E-state index contributed by atoms with van der Waals surface area (Å²) >= 11 is 7.44. The lowest BCUT2D eigenvalue weighted by atomic mass is 10.2. The lowest BCUT2D eigenvalue weighted by Crippen LogP contribution is -2.11. The SMILES string of the molecule is CCOP(CCNc1cc(Nc2ncc(C(=O)Nc3c(C)cccc3Cl)s2)nc(C)n1)OCC. The van der Waals surface area contributed by atoms with E-state index in [1.807, 2.05) is 39.8 Å². The van der Waals surface area contributed by atoms with Gasteiger partial charge in [-0.3, -0.25) is 4.79 Å². The van der Waals surface area contributed by atoms with Gasteiger partial charge in [0.2, 0.25) is 0 Å². The zero-order valence-corrected chi connectivity index (χ0v) is 22.0. The van der Waals surface area contributed by atoms with Crippen LogP contribution in [0.25, 0.3) is 0 Å². The van der Waals surface area contributed by atoms with Crippen LogP contribution in [0.5, 0.6) is 0 Å². The number of benzene rings is 1. The zero-order chi connectivity index (χ0) is 24.5. The minimum absolute atomic E-state index is 0.275. The molecule has 9 nitrogen and oxygen atoms in total. The van der Waals surface area contributed by atoms with Gasteiger partial charge >= 0.3 is 0 Å². The average molecular weight is 523 g/mol. The summed E-state index contributed by atoms with van der Waals surface area (Å²) < 4.78 is 11.3. The largest absolute Gasteiger partial charge is 0.369 e. The Morgan fingerprint density at radius 1 is 1.15 bits per heavy atom. The van der Waals surface area contributed by atoms with Crippen molar-refractivity contribution >= 4 is 59.7 Å². The first-order valence-corrected chi connectivity index (χ1v) is 13.4. The molecule has 0 bridgehead atoms. The van der Waals surface area contributed by atoms with Crippen molar-refractivity contribution in [1.82, 2.24) is 15.0 Å². The van der Waals surface area contributed by atoms with Crippen LogP contribution in [-0.2, 0) is 9.05 Å². The second-order valence-electron chi connectivity index (χ2n) is 7.04. The predicted octanol–water partition coefficient (Wildman–Crippen LogP) is 6.00. The van der Waals surface area contributed by atoms with Crippen molar-refractivity contribution in [3.05, 3.63) is 51.7 Å². The van der Waals surface area contributed by atoms with Crippen LogP contribution in [0.4, 0.5) is 22.5 Å². The first-order valence-electron chi connectivity index (χ1n) is 10.8. The van der Waals surface area contributed by atoms with Crippen LogP contribution in [0.3, 0.4) is 0 Å². The van der Waals surface area contributed by atoms with Crippen molar-refractivity contribution in [2.45, 2.75) is 27.7 Å². The Morgan fingerprint density at radius 3 is 2.59 bits per heavy atom. The van der Waals surface area contributed by atoms with E-state index in [0.717, 1.165) is 11.7 Å². The fourth-order valence-electron chi connectivity index (χ4n) is 2.96. The number of carbonyl (C=O) groups excluding carboxylic acids is 1. The number of aromatic nitrogens is 3. The molecule has 34 heavy (non-hydrogen) atoms. The molecular formula is C22H28ClN6O3PS. The zero-order valence-electron chi connectivity index (χ0n) is 19.5. The molecule has 1 aromatic carbocycles. The molecule has 3 aromatic rings. The minimum Gasteiger partial charge on any atom is -0.369 e. The van der Waals surface area contributed by atoms with Crippen LogP contribution in [0, 0.1) is 13.8 Å². The predicted molar refractivity (Wildman–Crippen MR) is 140 cm³/mol. The van der Waals surface area contributed by atoms with E-state index in [4.69, 9.17) is 20.6 Å². The number of amides is 1. The van der Waals surface area contributed by atoms with Crippen LogP contribution in [-0.4, -0.2) is 46.8 Å². The number of rotatable bonds is 12. The Balaban J connectivity index is 1.61. The van der Waals surface area contributed by atoms with Crippen LogP contribution < -0.4 is 16.0 Å². The van der Waals surface area contributed by atoms with Crippen LogP contribution in [0.2, 0.25) is 5.02 Å². The maximum atomic E-state index is 12.7. The molecule has 0 radical (unpaired) electrons. The van der Waals surface area contributed by atoms with E-state index in [9.17, 15) is 4.79 Å². The van der Waals surface area contributed by atoms with Gasteiger partial charge in [0.05, 0.1) is 30.1 Å². The molecule has 2 heterocycles. The minimum atomic E-state index is -0.915. The summed E-state index contributed by atoms with van der Waals surface area (Å²) in [5, 5.41) is 10.3. The van der Waals surface area contributed by atoms with E-state index in [0.29, 0.717) is 57.9 Å². The summed E-state index contributed by atoms with van der Waals surface area (Å²) in [5.74, 6) is 1.59. The van der Waals surface area contributed by atoms with Crippen molar-refractivity contribution in [3.63, 3.8) is 0 Å². The Labute approximate surface area is 209 Å². The second-order valence-corrected chi connectivity index (χ2v) is 10.1. The number of carbonyl (C=O) groups is 1. The molecule has 2 aromatic heterocycles. The number of halogens is 1. The fraction of sp³-hybridized carbons (Fsp3) is 0.364. The van der Waals surface area contributed by atoms with Crippen molar-refractivity contribution < 1.29 is 13.8 Å². The molecule has 0 unspecified atom stereocenters. The van der Waals surface area contributed by atoms with Crippen LogP contribution in [0.15, 0.2) is 30.5 Å². The molecule has 182 valence electrons. The molecule has 1 amide bonds. The van der Waals surface area contributed by atoms with Gasteiger partial charge in [0.1, 0.15) is 22.3 Å². The van der Waals surface area contributed by atoms with Gasteiger partial charge in [0.25, 0.3) is 5.91 Å². The van der Waals surface area contributed by atoms with Gasteiger partial charge in [-0.05, 0) is 39.3 Å². The molecule has 0 fully saturated rings. The van der Waals surface area contributed by atoms with E-state index in [2.05, 4.69) is 30.9 Å². The number of nitrogens with one attached hydrogen (secondary N) is 3. The maximum absolute atomic E-state index is 12.7. The molecular weight excluding hydrogens is 495 g/mol. The molecule has 0 saturated heterocycles. The number of para-hydroxylation sites is 1. The fourth-order valence-corrected chi connectivity index (χ4v) is 5.15. The van der Waals surface area contributed by atoms with Crippen LogP contribution in [0.1, 0.15) is 34.9 Å². The molecule has 0 spiro atoms. The highest BCUT2D eigenvalue weighted by atomic mass is 35.5. The summed E-state index contributed by atoms with van der Waals surface area (Å²) in [6.07, 6.45) is 2.27. The van der Waals surface area contributed by atoms with Crippen molar-refractivity contribution in [1.29, 1.82) is 0 Å². The molecule has 0 atom stereocenters. The third-order valence-electron chi connectivity index (χ3n) is 4.41. The summed E-state index contributed by atoms with van der Waals surface area (Å²) in [4.78, 5) is 26.3. The van der Waals surface area contributed by atoms with Gasteiger partial charge in [-0.2, -0.15) is 0 Å². The standard InChI is InChI=1S/C22H28ClN6O3PS/c1-5-31-33(32-6-2)11-10-24-18-12-19(27-15(4)26-18)28-22-25-13-17(34-22)21(30)29-20-14(3)8-7-9-16(20)23/h7-9,12-13H,5-6,10-11H2,1-4H3,(H,29,30)(H2,24,25,26,27,28). The summed E-state index contributed by atoms with van der Waals surface area (Å²) in [7, 11) is -0.915. The third kappa shape index (κ3) is 7.58. The van der Waals surface area contributed by atoms with E-state index in [-0.39, 0.29) is 5.91 Å². The molecule has 0 saturated carbocycles. The maximum Gasteiger partial charge on any atom is 0.267 e. The van der Waals surface area contributed by atoms with Crippen LogP contribution >= 0.6 is 31.3 Å². The quantitative estimate of drug-likeness (QED) is 0.248. The van der Waals surface area contributed by atoms with Gasteiger partial charge in [0, 0.05) is 18.8 Å². The first kappa shape index (κ1) is 26.2. The highest BCUT2D eigenvalue weighted by Crippen LogP contribution is 2.37. The summed E-state index contributed by atoms with van der Waals surface area (Å²) in [6.45, 7) is 9.52. The van der Waals surface area contributed by atoms with Gasteiger partial charge in [-0.25, -0.2) is 15.0 Å². The molecule has 0 aliphatic carbocycles. The molecule has 12 heteroatoms. The van der Waals surface area contributed by atoms with Crippen molar-refractivity contribution in [2.75, 3.05) is 41.9 Å². The molecule has 3 N–H and O–H groups in total. The van der Waals surface area contributed by atoms with E-state index in [1.54, 1.807) is 12.1 Å². The van der Waals surface area contributed by atoms with Crippen molar-refractivity contribution in [2.24, 2.45) is 0 Å². The topological polar surface area (TPSA) is 110 Å². The average Bonchev–Trinajstić information content (AvgIpc) is 3.25. The number of aryl methyl sites for hydroxylation is 2. The lowest BCUT2D eigenvalue weighted by Gasteiger charge is -2.16. The Hall–Kier alpha value is -2.36. The van der Waals surface area contributed by atoms with E-state index in [1.165, 1.54) is 17.5 Å². The van der Waals surface area contributed by atoms with E-state index < -0.39 is 8.38 Å². The van der Waals surface area contributed by atoms with Gasteiger partial charge in [-0.15, -0.1) is 0 Å². The summed E-state index contributed by atoms with van der Waals surface area (Å²) in [5.41, 5.74) is 1.48. The smallest absolute Gasteiger partial charge is 0.267 e. The third-order valence-corrected chi connectivity index (χ3v) is 7.32. The lowest BCUT2D eigenvalue weighted by molar-refractivity contribution is 0.103. The Morgan fingerprint density at radius 2 is 1.88 bits per heavy atom. The van der Waals surface area contributed by atoms with Crippen molar-refractivity contribution in [3.8, 4) is 0 Å². The molecule has 3 rings (SSSR count). The number of hydrogen-bond donors (Lipinski definition) is 3. The normalized spacial score (nSPS) is 11.0. The monoisotopic (exact) mass is 522 g/mol. The van der Waals surface area contributed by atoms with E-state index >= 15 is 0 Å². The van der Waals surface area contributed by atoms with Gasteiger partial charge in [-0.1, -0.05) is 35.1 Å². The number of hydrogen-bond acceptors (Lipinski definition) is 9. The molecule has 0 aliphatic heterocycles. The number of thiazole rings is 1. The Kier molecular flexibility index (Phi) is 9.98. The molecule has 0 aliphatic rings. The Bertz CT molecular complexity index is 1090. The number of nitrogens with zero attached hydrogens (tertiary/aromatic N) is 3. The highest BCUT2D eigenvalue weighted by molar-refractivity contribution is 7.47. The van der Waals surface area contributed by atoms with Gasteiger partial charge in [0.15, 0.2) is 13.5 Å². The second kappa shape index (κ2) is 12.9. The highest BCUT2D eigenvalue weighted by Gasteiger charge is 2.15. The first-order chi connectivity index (χ1) is 16.4.